The van der Waals surface area contributed by atoms with Crippen LogP contribution in [-0.2, 0) is 6.54 Å². The van der Waals surface area contributed by atoms with E-state index in [2.05, 4.69) is 14.3 Å². The quantitative estimate of drug-likeness (QED) is 0.621. The van der Waals surface area contributed by atoms with Crippen LogP contribution in [0.25, 0.3) is 5.65 Å². The van der Waals surface area contributed by atoms with Crippen molar-refractivity contribution in [2.24, 2.45) is 0 Å². The van der Waals surface area contributed by atoms with Crippen LogP contribution in [0.15, 0.2) is 42.7 Å². The maximum Gasteiger partial charge on any atom is 0.254 e. The zero-order valence-electron chi connectivity index (χ0n) is 17.5. The fraction of sp³-hybridized carbons (Fsp3) is 0.364. The lowest BCUT2D eigenvalue weighted by molar-refractivity contribution is 0.0626. The number of fused-ring (bicyclic) bond motifs is 1. The standard InChI is InChI=1S/C22H26N4O4/c1-28-18-12-16(13-19(29-2)21(18)30-3)22(27)25-10-8-24(9-11-25)15-17-14-23-20-6-4-5-7-26(17)20/h4-7,12-14H,8-11,15H2,1-3H3. The van der Waals surface area contributed by atoms with Gasteiger partial charge in [-0.25, -0.2) is 4.98 Å². The topological polar surface area (TPSA) is 68.5 Å². The lowest BCUT2D eigenvalue weighted by Crippen LogP contribution is -2.48. The zero-order valence-corrected chi connectivity index (χ0v) is 17.5. The Kier molecular flexibility index (Phi) is 5.76. The summed E-state index contributed by atoms with van der Waals surface area (Å²) in [4.78, 5) is 21.7. The third-order valence-electron chi connectivity index (χ3n) is 5.45. The van der Waals surface area contributed by atoms with E-state index in [1.54, 1.807) is 33.5 Å². The Morgan fingerprint density at radius 1 is 1.00 bits per heavy atom. The number of rotatable bonds is 6. The van der Waals surface area contributed by atoms with Crippen LogP contribution < -0.4 is 14.2 Å². The van der Waals surface area contributed by atoms with E-state index in [0.29, 0.717) is 35.9 Å². The second-order valence-electron chi connectivity index (χ2n) is 7.16. The molecule has 1 amide bonds. The molecule has 158 valence electrons. The molecule has 1 aromatic carbocycles. The van der Waals surface area contributed by atoms with Crippen molar-refractivity contribution in [2.45, 2.75) is 6.54 Å². The molecule has 3 aromatic rings. The van der Waals surface area contributed by atoms with E-state index in [1.807, 2.05) is 35.5 Å². The minimum atomic E-state index is -0.0382. The molecule has 0 aliphatic carbocycles. The fourth-order valence-electron chi connectivity index (χ4n) is 3.83. The van der Waals surface area contributed by atoms with Crippen molar-refractivity contribution in [1.29, 1.82) is 0 Å². The number of methoxy groups -OCH3 is 3. The van der Waals surface area contributed by atoms with Crippen molar-refractivity contribution in [3.05, 3.63) is 54.0 Å². The number of benzene rings is 1. The van der Waals surface area contributed by atoms with Crippen molar-refractivity contribution in [3.63, 3.8) is 0 Å². The molecule has 0 unspecified atom stereocenters. The summed E-state index contributed by atoms with van der Waals surface area (Å²) in [6.07, 6.45) is 3.95. The normalized spacial score (nSPS) is 14.7. The van der Waals surface area contributed by atoms with Crippen LogP contribution in [0.5, 0.6) is 17.2 Å². The Hall–Kier alpha value is -3.26. The van der Waals surface area contributed by atoms with Crippen LogP contribution in [0.2, 0.25) is 0 Å². The van der Waals surface area contributed by atoms with Gasteiger partial charge in [0.2, 0.25) is 5.75 Å². The molecule has 8 nitrogen and oxygen atoms in total. The Morgan fingerprint density at radius 2 is 1.70 bits per heavy atom. The highest BCUT2D eigenvalue weighted by molar-refractivity contribution is 5.95. The van der Waals surface area contributed by atoms with Crippen molar-refractivity contribution in [3.8, 4) is 17.2 Å². The van der Waals surface area contributed by atoms with Crippen LogP contribution in [0.3, 0.4) is 0 Å². The van der Waals surface area contributed by atoms with E-state index >= 15 is 0 Å². The average Bonchev–Trinajstić information content (AvgIpc) is 3.20. The Morgan fingerprint density at radius 3 is 2.33 bits per heavy atom. The zero-order chi connectivity index (χ0) is 21.1. The minimum absolute atomic E-state index is 0.0382. The van der Waals surface area contributed by atoms with Gasteiger partial charge in [0.15, 0.2) is 11.5 Å². The van der Waals surface area contributed by atoms with E-state index < -0.39 is 0 Å². The van der Waals surface area contributed by atoms with Crippen LogP contribution in [0.1, 0.15) is 16.1 Å². The molecule has 0 atom stereocenters. The highest BCUT2D eigenvalue weighted by Gasteiger charge is 2.25. The number of piperazine rings is 1. The molecule has 0 bridgehead atoms. The summed E-state index contributed by atoms with van der Waals surface area (Å²) in [5.74, 6) is 1.40. The van der Waals surface area contributed by atoms with Crippen molar-refractivity contribution < 1.29 is 19.0 Å². The van der Waals surface area contributed by atoms with Gasteiger partial charge in [-0.05, 0) is 24.3 Å². The first-order valence-electron chi connectivity index (χ1n) is 9.87. The van der Waals surface area contributed by atoms with E-state index in [-0.39, 0.29) is 5.91 Å². The molecule has 1 aliphatic rings. The summed E-state index contributed by atoms with van der Waals surface area (Å²) in [7, 11) is 4.64. The SMILES string of the molecule is COc1cc(C(=O)N2CCN(Cc3cnc4ccccn34)CC2)cc(OC)c1OC. The van der Waals surface area contributed by atoms with Gasteiger partial charge in [0.1, 0.15) is 5.65 Å². The van der Waals surface area contributed by atoms with Crippen molar-refractivity contribution in [2.75, 3.05) is 47.5 Å². The summed E-state index contributed by atoms with van der Waals surface area (Å²) < 4.78 is 18.2. The summed E-state index contributed by atoms with van der Waals surface area (Å²) >= 11 is 0. The molecular formula is C22H26N4O4. The summed E-state index contributed by atoms with van der Waals surface area (Å²) in [5, 5.41) is 0. The molecule has 3 heterocycles. The van der Waals surface area contributed by atoms with Crippen molar-refractivity contribution >= 4 is 11.6 Å². The highest BCUT2D eigenvalue weighted by Crippen LogP contribution is 2.38. The molecule has 2 aromatic heterocycles. The van der Waals surface area contributed by atoms with Crippen LogP contribution in [-0.4, -0.2) is 72.6 Å². The van der Waals surface area contributed by atoms with Gasteiger partial charge in [0.05, 0.1) is 33.2 Å². The molecule has 0 saturated carbocycles. The molecule has 4 rings (SSSR count). The highest BCUT2D eigenvalue weighted by atomic mass is 16.5. The van der Waals surface area contributed by atoms with Gasteiger partial charge in [0.25, 0.3) is 5.91 Å². The Labute approximate surface area is 175 Å². The molecule has 0 N–H and O–H groups in total. The maximum absolute atomic E-state index is 13.1. The maximum atomic E-state index is 13.1. The minimum Gasteiger partial charge on any atom is -0.493 e. The number of carbonyl (C=O) groups excluding carboxylic acids is 1. The second kappa shape index (κ2) is 8.62. The number of nitrogens with zero attached hydrogens (tertiary/aromatic N) is 4. The summed E-state index contributed by atoms with van der Waals surface area (Å²) in [6.45, 7) is 3.72. The van der Waals surface area contributed by atoms with E-state index in [0.717, 1.165) is 31.0 Å². The summed E-state index contributed by atoms with van der Waals surface area (Å²) in [6, 6.07) is 9.40. The fourth-order valence-corrected chi connectivity index (χ4v) is 3.83. The van der Waals surface area contributed by atoms with Crippen LogP contribution in [0.4, 0.5) is 0 Å². The monoisotopic (exact) mass is 410 g/mol. The van der Waals surface area contributed by atoms with Gasteiger partial charge in [-0.1, -0.05) is 6.07 Å². The van der Waals surface area contributed by atoms with Gasteiger partial charge in [0, 0.05) is 44.5 Å². The van der Waals surface area contributed by atoms with Gasteiger partial charge in [-0.15, -0.1) is 0 Å². The lowest BCUT2D eigenvalue weighted by Gasteiger charge is -2.34. The average molecular weight is 410 g/mol. The molecule has 30 heavy (non-hydrogen) atoms. The Balaban J connectivity index is 1.43. The first-order chi connectivity index (χ1) is 14.6. The smallest absolute Gasteiger partial charge is 0.254 e. The number of pyridine rings is 1. The molecule has 0 radical (unpaired) electrons. The van der Waals surface area contributed by atoms with Crippen molar-refractivity contribution in [1.82, 2.24) is 19.2 Å². The predicted octanol–water partition coefficient (Wildman–Crippen LogP) is 2.32. The molecule has 8 heteroatoms. The molecule has 1 aliphatic heterocycles. The number of hydrogen-bond acceptors (Lipinski definition) is 6. The molecular weight excluding hydrogens is 384 g/mol. The van der Waals surface area contributed by atoms with Gasteiger partial charge < -0.3 is 23.5 Å². The molecule has 0 spiro atoms. The lowest BCUT2D eigenvalue weighted by atomic mass is 10.1. The number of hydrogen-bond donors (Lipinski definition) is 0. The van der Waals surface area contributed by atoms with E-state index in [4.69, 9.17) is 14.2 Å². The first-order valence-corrected chi connectivity index (χ1v) is 9.87. The van der Waals surface area contributed by atoms with Gasteiger partial charge in [-0.3, -0.25) is 9.69 Å². The number of aromatic nitrogens is 2. The first kappa shape index (κ1) is 20.0. The largest absolute Gasteiger partial charge is 0.493 e. The number of amides is 1. The van der Waals surface area contributed by atoms with E-state index in [1.165, 1.54) is 0 Å². The third kappa shape index (κ3) is 3.78. The third-order valence-corrected chi connectivity index (χ3v) is 5.45. The molecule has 1 fully saturated rings. The predicted molar refractivity (Wildman–Crippen MR) is 112 cm³/mol. The van der Waals surface area contributed by atoms with Gasteiger partial charge in [-0.2, -0.15) is 0 Å². The Bertz CT molecular complexity index is 1020. The summed E-state index contributed by atoms with van der Waals surface area (Å²) in [5.41, 5.74) is 2.62. The number of carbonyl (C=O) groups is 1. The number of ether oxygens (including phenoxy) is 3. The molecule has 1 saturated heterocycles. The number of imidazole rings is 1. The second-order valence-corrected chi connectivity index (χ2v) is 7.16. The van der Waals surface area contributed by atoms with Crippen LogP contribution in [0, 0.1) is 0 Å². The van der Waals surface area contributed by atoms with Crippen LogP contribution >= 0.6 is 0 Å². The van der Waals surface area contributed by atoms with Gasteiger partial charge >= 0.3 is 0 Å². The van der Waals surface area contributed by atoms with E-state index in [9.17, 15) is 4.79 Å².